The first-order valence-corrected chi connectivity index (χ1v) is 9.67. The highest BCUT2D eigenvalue weighted by Crippen LogP contribution is 2.59. The first-order valence-electron chi connectivity index (χ1n) is 9.67. The van der Waals surface area contributed by atoms with Gasteiger partial charge in [0.05, 0.1) is 0 Å². The minimum Gasteiger partial charge on any atom is -0.338 e. The molecule has 2 bridgehead atoms. The monoisotopic (exact) mass is 334 g/mol. The molecule has 0 aromatic heterocycles. The van der Waals surface area contributed by atoms with Crippen molar-refractivity contribution >= 4 is 6.03 Å². The largest absolute Gasteiger partial charge is 0.338 e. The molecule has 5 heteroatoms. The molecule has 2 atom stereocenters. The van der Waals surface area contributed by atoms with Gasteiger partial charge in [-0.15, -0.1) is 0 Å². The topological polar surface area (TPSA) is 47.6 Å². The third-order valence-corrected chi connectivity index (χ3v) is 6.47. The maximum absolute atomic E-state index is 12.5. The predicted molar refractivity (Wildman–Crippen MR) is 98.0 cm³/mol. The van der Waals surface area contributed by atoms with E-state index in [0.29, 0.717) is 17.9 Å². The van der Waals surface area contributed by atoms with E-state index in [1.54, 1.807) is 0 Å². The van der Waals surface area contributed by atoms with E-state index in [1.807, 2.05) is 11.8 Å². The smallest absolute Gasteiger partial charge is 0.317 e. The number of urea groups is 1. The standard InChI is InChI=1S/C19H34N4O/c1-4-21-18(24)23(12-11-22-9-7-20-8-10-22)14-15-5-6-16-13-17(15)19(16,2)3/h5,16-17,20H,4,6-14H2,1-3H3,(H,21,24)/t16-,17+/m1/s1. The number of carbonyl (C=O) groups excluding carboxylic acids is 1. The van der Waals surface area contributed by atoms with Gasteiger partial charge in [-0.3, -0.25) is 4.90 Å². The van der Waals surface area contributed by atoms with Crippen LogP contribution in [-0.2, 0) is 0 Å². The second-order valence-corrected chi connectivity index (χ2v) is 8.17. The molecule has 2 amide bonds. The van der Waals surface area contributed by atoms with Gasteiger partial charge >= 0.3 is 6.03 Å². The van der Waals surface area contributed by atoms with Crippen LogP contribution in [-0.4, -0.2) is 68.2 Å². The molecule has 1 saturated heterocycles. The molecular weight excluding hydrogens is 300 g/mol. The molecule has 2 fully saturated rings. The van der Waals surface area contributed by atoms with Crippen LogP contribution in [0.1, 0.15) is 33.6 Å². The molecular formula is C19H34N4O. The Labute approximate surface area is 146 Å². The highest BCUT2D eigenvalue weighted by Gasteiger charge is 2.51. The summed E-state index contributed by atoms with van der Waals surface area (Å²) in [7, 11) is 0. The Morgan fingerprint density at radius 2 is 2.17 bits per heavy atom. The highest BCUT2D eigenvalue weighted by atomic mass is 16.2. The zero-order valence-electron chi connectivity index (χ0n) is 15.6. The predicted octanol–water partition coefficient (Wildman–Crippen LogP) is 1.92. The normalized spacial score (nSPS) is 28.7. The second-order valence-electron chi connectivity index (χ2n) is 8.17. The number of amides is 2. The lowest BCUT2D eigenvalue weighted by Crippen LogP contribution is -2.52. The Morgan fingerprint density at radius 1 is 1.42 bits per heavy atom. The van der Waals surface area contributed by atoms with Crippen LogP contribution in [0.3, 0.4) is 0 Å². The molecule has 2 N–H and O–H groups in total. The van der Waals surface area contributed by atoms with Crippen LogP contribution in [0.5, 0.6) is 0 Å². The van der Waals surface area contributed by atoms with E-state index in [1.165, 1.54) is 18.4 Å². The summed E-state index contributed by atoms with van der Waals surface area (Å²) in [5.74, 6) is 1.53. The molecule has 0 radical (unpaired) electrons. The van der Waals surface area contributed by atoms with Crippen molar-refractivity contribution in [2.24, 2.45) is 17.3 Å². The van der Waals surface area contributed by atoms with Crippen molar-refractivity contribution in [2.45, 2.75) is 33.6 Å². The zero-order chi connectivity index (χ0) is 17.2. The number of carbonyl (C=O) groups is 1. The summed E-state index contributed by atoms with van der Waals surface area (Å²) in [5, 5.41) is 6.39. The highest BCUT2D eigenvalue weighted by molar-refractivity contribution is 5.74. The average molecular weight is 335 g/mol. The molecule has 1 saturated carbocycles. The molecule has 3 aliphatic carbocycles. The van der Waals surface area contributed by atoms with Gasteiger partial charge in [0.2, 0.25) is 0 Å². The van der Waals surface area contributed by atoms with Crippen molar-refractivity contribution in [2.75, 3.05) is 52.4 Å². The van der Waals surface area contributed by atoms with Crippen LogP contribution >= 0.6 is 0 Å². The molecule has 1 aliphatic heterocycles. The molecule has 5 nitrogen and oxygen atoms in total. The molecule has 4 rings (SSSR count). The number of fused-ring (bicyclic) bond motifs is 1. The van der Waals surface area contributed by atoms with Crippen LogP contribution in [0, 0.1) is 17.3 Å². The third kappa shape index (κ3) is 3.62. The van der Waals surface area contributed by atoms with Gasteiger partial charge in [-0.1, -0.05) is 25.5 Å². The number of piperazine rings is 1. The van der Waals surface area contributed by atoms with Gasteiger partial charge in [-0.25, -0.2) is 4.79 Å². The van der Waals surface area contributed by atoms with Gasteiger partial charge in [-0.2, -0.15) is 0 Å². The summed E-state index contributed by atoms with van der Waals surface area (Å²) in [5.41, 5.74) is 1.92. The molecule has 24 heavy (non-hydrogen) atoms. The van der Waals surface area contributed by atoms with Crippen molar-refractivity contribution in [3.8, 4) is 0 Å². The Hall–Kier alpha value is -1.07. The fourth-order valence-corrected chi connectivity index (χ4v) is 4.59. The van der Waals surface area contributed by atoms with Crippen molar-refractivity contribution in [1.82, 2.24) is 20.4 Å². The Morgan fingerprint density at radius 3 is 2.79 bits per heavy atom. The number of hydrogen-bond acceptors (Lipinski definition) is 3. The summed E-state index contributed by atoms with van der Waals surface area (Å²) in [4.78, 5) is 17.0. The van der Waals surface area contributed by atoms with Gasteiger partial charge in [0.25, 0.3) is 0 Å². The molecule has 0 unspecified atom stereocenters. The Balaban J connectivity index is 1.59. The fraction of sp³-hybridized carbons (Fsp3) is 0.842. The number of nitrogens with zero attached hydrogens (tertiary/aromatic N) is 2. The van der Waals surface area contributed by atoms with E-state index >= 15 is 0 Å². The fourth-order valence-electron chi connectivity index (χ4n) is 4.59. The number of nitrogens with one attached hydrogen (secondary N) is 2. The third-order valence-electron chi connectivity index (χ3n) is 6.47. The van der Waals surface area contributed by atoms with E-state index in [2.05, 4.69) is 35.5 Å². The van der Waals surface area contributed by atoms with Crippen molar-refractivity contribution in [3.05, 3.63) is 11.6 Å². The van der Waals surface area contributed by atoms with Gasteiger partial charge in [0.15, 0.2) is 0 Å². The van der Waals surface area contributed by atoms with Gasteiger partial charge in [-0.05, 0) is 37.0 Å². The van der Waals surface area contributed by atoms with Crippen LogP contribution < -0.4 is 10.6 Å². The van der Waals surface area contributed by atoms with Gasteiger partial charge < -0.3 is 15.5 Å². The van der Waals surface area contributed by atoms with Crippen LogP contribution in [0.4, 0.5) is 4.79 Å². The quantitative estimate of drug-likeness (QED) is 0.730. The van der Waals surface area contributed by atoms with Gasteiger partial charge in [0.1, 0.15) is 0 Å². The summed E-state index contributed by atoms with van der Waals surface area (Å²) in [6.45, 7) is 14.4. The van der Waals surface area contributed by atoms with E-state index in [0.717, 1.165) is 51.7 Å². The second kappa shape index (κ2) is 7.44. The minimum atomic E-state index is 0.0905. The van der Waals surface area contributed by atoms with E-state index in [9.17, 15) is 4.79 Å². The average Bonchev–Trinajstić information content (AvgIpc) is 2.59. The Kier molecular flexibility index (Phi) is 5.50. The molecule has 0 aromatic carbocycles. The molecule has 1 heterocycles. The lowest BCUT2D eigenvalue weighted by molar-refractivity contribution is -0.00978. The SMILES string of the molecule is CCNC(=O)N(CCN1CCNCC1)CC1=CC[C@@H]2C[C@@H]1C2(C)C. The lowest BCUT2D eigenvalue weighted by Gasteiger charge is -2.57. The summed E-state index contributed by atoms with van der Waals surface area (Å²) < 4.78 is 0. The maximum atomic E-state index is 12.5. The van der Waals surface area contributed by atoms with Crippen molar-refractivity contribution in [3.63, 3.8) is 0 Å². The summed E-state index contributed by atoms with van der Waals surface area (Å²) in [6.07, 6.45) is 4.93. The number of hydrogen-bond donors (Lipinski definition) is 2. The summed E-state index contributed by atoms with van der Waals surface area (Å²) >= 11 is 0. The van der Waals surface area contributed by atoms with Crippen molar-refractivity contribution in [1.29, 1.82) is 0 Å². The van der Waals surface area contributed by atoms with Crippen LogP contribution in [0.15, 0.2) is 11.6 Å². The van der Waals surface area contributed by atoms with Crippen molar-refractivity contribution < 1.29 is 4.79 Å². The zero-order valence-corrected chi connectivity index (χ0v) is 15.6. The van der Waals surface area contributed by atoms with E-state index in [-0.39, 0.29) is 6.03 Å². The number of allylic oxidation sites excluding steroid dienone is 1. The molecule has 0 aromatic rings. The molecule has 4 aliphatic rings. The molecule has 0 spiro atoms. The maximum Gasteiger partial charge on any atom is 0.317 e. The van der Waals surface area contributed by atoms with E-state index < -0.39 is 0 Å². The lowest BCUT2D eigenvalue weighted by atomic mass is 9.49. The summed E-state index contributed by atoms with van der Waals surface area (Å²) in [6, 6.07) is 0.0905. The Bertz CT molecular complexity index is 482. The van der Waals surface area contributed by atoms with Crippen LogP contribution in [0.25, 0.3) is 0 Å². The first kappa shape index (κ1) is 17.7. The molecule has 136 valence electrons. The minimum absolute atomic E-state index is 0.0905. The first-order chi connectivity index (χ1) is 11.5. The van der Waals surface area contributed by atoms with Gasteiger partial charge in [0, 0.05) is 52.4 Å². The van der Waals surface area contributed by atoms with E-state index in [4.69, 9.17) is 0 Å². The van der Waals surface area contributed by atoms with Crippen LogP contribution in [0.2, 0.25) is 0 Å². The number of rotatable bonds is 6.